The van der Waals surface area contributed by atoms with Crippen LogP contribution in [-0.2, 0) is 6.42 Å². The molecule has 1 aromatic heterocycles. The Bertz CT molecular complexity index is 1400. The minimum atomic E-state index is -0.208. The van der Waals surface area contributed by atoms with Crippen molar-refractivity contribution in [3.05, 3.63) is 107 Å². The topological polar surface area (TPSA) is 54.2 Å². The molecule has 1 N–H and O–H groups in total. The number of aryl methyl sites for hydroxylation is 3. The van der Waals surface area contributed by atoms with Gasteiger partial charge in [0.1, 0.15) is 0 Å². The van der Waals surface area contributed by atoms with Gasteiger partial charge in [0.25, 0.3) is 5.89 Å². The zero-order chi connectivity index (χ0) is 24.5. The van der Waals surface area contributed by atoms with Crippen molar-refractivity contribution in [3.63, 3.8) is 0 Å². The van der Waals surface area contributed by atoms with E-state index < -0.39 is 0 Å². The summed E-state index contributed by atoms with van der Waals surface area (Å²) in [7, 11) is 0. The fraction of sp³-hybridized carbons (Fsp3) is 0.207. The largest absolute Gasteiger partial charge is 0.351 e. The molecule has 0 spiro atoms. The standard InChI is InChI=1S/C29H28N4OS/c1-5-21-7-6-8-24(17-21)33-20(4)25(26(30-29(33)35)22-13-9-18(2)10-14-22)28-31-27(32-34-28)23-15-11-19(3)12-16-23/h6-17,26H,5H2,1-4H3,(H,30,35). The molecule has 4 aromatic rings. The summed E-state index contributed by atoms with van der Waals surface area (Å²) in [5.74, 6) is 1.05. The van der Waals surface area contributed by atoms with E-state index in [1.54, 1.807) is 0 Å². The molecule has 0 amide bonds. The van der Waals surface area contributed by atoms with Gasteiger partial charge in [0.05, 0.1) is 11.6 Å². The molecule has 35 heavy (non-hydrogen) atoms. The Balaban J connectivity index is 1.65. The fourth-order valence-corrected chi connectivity index (χ4v) is 4.77. The van der Waals surface area contributed by atoms with Gasteiger partial charge in [-0.05, 0) is 62.7 Å². The summed E-state index contributed by atoms with van der Waals surface area (Å²) >= 11 is 5.88. The number of nitrogens with zero attached hydrogens (tertiary/aromatic N) is 3. The Hall–Kier alpha value is -3.77. The van der Waals surface area contributed by atoms with Gasteiger partial charge in [0.15, 0.2) is 5.11 Å². The van der Waals surface area contributed by atoms with Gasteiger partial charge in [-0.2, -0.15) is 4.98 Å². The monoisotopic (exact) mass is 480 g/mol. The predicted octanol–water partition coefficient (Wildman–Crippen LogP) is 6.78. The third kappa shape index (κ3) is 4.49. The van der Waals surface area contributed by atoms with Crippen molar-refractivity contribution >= 4 is 28.6 Å². The highest BCUT2D eigenvalue weighted by atomic mass is 32.1. The average Bonchev–Trinajstić information content (AvgIpc) is 3.34. The molecule has 0 fully saturated rings. The molecule has 6 heteroatoms. The average molecular weight is 481 g/mol. The van der Waals surface area contributed by atoms with Crippen molar-refractivity contribution in [2.45, 2.75) is 40.2 Å². The summed E-state index contributed by atoms with van der Waals surface area (Å²) in [6.45, 7) is 8.36. The molecular weight excluding hydrogens is 452 g/mol. The smallest absolute Gasteiger partial charge is 0.258 e. The zero-order valence-electron chi connectivity index (χ0n) is 20.4. The van der Waals surface area contributed by atoms with E-state index in [9.17, 15) is 0 Å². The molecule has 1 atom stereocenters. The molecule has 0 radical (unpaired) electrons. The molecule has 0 bridgehead atoms. The molecule has 1 aliphatic heterocycles. The van der Waals surface area contributed by atoms with Gasteiger partial charge in [0.2, 0.25) is 5.82 Å². The molecule has 1 aliphatic rings. The van der Waals surface area contributed by atoms with Crippen LogP contribution in [0.5, 0.6) is 0 Å². The van der Waals surface area contributed by atoms with Crippen molar-refractivity contribution in [1.82, 2.24) is 15.5 Å². The van der Waals surface area contributed by atoms with E-state index in [1.165, 1.54) is 16.7 Å². The van der Waals surface area contributed by atoms with Gasteiger partial charge in [-0.1, -0.05) is 83.9 Å². The first-order chi connectivity index (χ1) is 16.9. The number of aromatic nitrogens is 2. The van der Waals surface area contributed by atoms with Gasteiger partial charge in [0, 0.05) is 16.9 Å². The van der Waals surface area contributed by atoms with Crippen molar-refractivity contribution in [1.29, 1.82) is 0 Å². The molecule has 5 rings (SSSR count). The number of hydrogen-bond acceptors (Lipinski definition) is 4. The normalized spacial score (nSPS) is 15.9. The van der Waals surface area contributed by atoms with E-state index in [0.717, 1.165) is 34.5 Å². The Morgan fingerprint density at radius 3 is 2.31 bits per heavy atom. The second-order valence-electron chi connectivity index (χ2n) is 8.94. The summed E-state index contributed by atoms with van der Waals surface area (Å²) in [6.07, 6.45) is 0.951. The predicted molar refractivity (Wildman–Crippen MR) is 145 cm³/mol. The molecule has 176 valence electrons. The first kappa shape index (κ1) is 23.0. The third-order valence-electron chi connectivity index (χ3n) is 6.44. The maximum Gasteiger partial charge on any atom is 0.258 e. The summed E-state index contributed by atoms with van der Waals surface area (Å²) < 4.78 is 5.87. The van der Waals surface area contributed by atoms with Gasteiger partial charge in [-0.3, -0.25) is 4.90 Å². The van der Waals surface area contributed by atoms with Gasteiger partial charge < -0.3 is 9.84 Å². The molecule has 1 unspecified atom stereocenters. The van der Waals surface area contributed by atoms with Gasteiger partial charge in [-0.15, -0.1) is 0 Å². The molecule has 0 saturated carbocycles. The van der Waals surface area contributed by atoms with E-state index in [4.69, 9.17) is 21.7 Å². The Kier molecular flexibility index (Phi) is 6.22. The lowest BCUT2D eigenvalue weighted by molar-refractivity contribution is 0.404. The number of rotatable bonds is 5. The maximum atomic E-state index is 5.88. The molecular formula is C29H28N4OS. The van der Waals surface area contributed by atoms with Crippen LogP contribution < -0.4 is 10.2 Å². The van der Waals surface area contributed by atoms with Crippen molar-refractivity contribution in [3.8, 4) is 11.4 Å². The lowest BCUT2D eigenvalue weighted by atomic mass is 9.94. The van der Waals surface area contributed by atoms with Crippen LogP contribution in [0, 0.1) is 13.8 Å². The molecule has 5 nitrogen and oxygen atoms in total. The number of nitrogens with one attached hydrogen (secondary N) is 1. The van der Waals surface area contributed by atoms with Crippen LogP contribution in [0.2, 0.25) is 0 Å². The number of thiocarbonyl (C=S) groups is 1. The Morgan fingerprint density at radius 2 is 1.63 bits per heavy atom. The highest BCUT2D eigenvalue weighted by molar-refractivity contribution is 7.80. The first-order valence-electron chi connectivity index (χ1n) is 11.8. The van der Waals surface area contributed by atoms with E-state index in [1.807, 2.05) is 24.3 Å². The van der Waals surface area contributed by atoms with Crippen molar-refractivity contribution in [2.75, 3.05) is 4.90 Å². The number of allylic oxidation sites excluding steroid dienone is 1. The second-order valence-corrected chi connectivity index (χ2v) is 9.33. The Labute approximate surface area is 211 Å². The summed E-state index contributed by atoms with van der Waals surface area (Å²) in [4.78, 5) is 6.88. The van der Waals surface area contributed by atoms with Crippen LogP contribution in [0.3, 0.4) is 0 Å². The van der Waals surface area contributed by atoms with E-state index >= 15 is 0 Å². The van der Waals surface area contributed by atoms with Crippen LogP contribution in [0.4, 0.5) is 5.69 Å². The van der Waals surface area contributed by atoms with E-state index in [0.29, 0.717) is 16.8 Å². The third-order valence-corrected chi connectivity index (χ3v) is 6.74. The molecule has 0 aliphatic carbocycles. The van der Waals surface area contributed by atoms with Crippen LogP contribution in [0.15, 0.2) is 83.0 Å². The zero-order valence-corrected chi connectivity index (χ0v) is 21.2. The number of benzene rings is 3. The van der Waals surface area contributed by atoms with Crippen molar-refractivity contribution in [2.24, 2.45) is 0 Å². The maximum absolute atomic E-state index is 5.88. The second kappa shape index (κ2) is 9.47. The summed E-state index contributed by atoms with van der Waals surface area (Å²) in [6, 6.07) is 24.8. The minimum absolute atomic E-state index is 0.208. The summed E-state index contributed by atoms with van der Waals surface area (Å²) in [5, 5.41) is 8.50. The number of anilines is 1. The highest BCUT2D eigenvalue weighted by Gasteiger charge is 2.34. The highest BCUT2D eigenvalue weighted by Crippen LogP contribution is 2.39. The fourth-order valence-electron chi connectivity index (χ4n) is 4.41. The lowest BCUT2D eigenvalue weighted by Crippen LogP contribution is -2.46. The Morgan fingerprint density at radius 1 is 0.943 bits per heavy atom. The molecule has 3 aromatic carbocycles. The number of hydrogen-bond donors (Lipinski definition) is 1. The van der Waals surface area contributed by atoms with Gasteiger partial charge in [-0.25, -0.2) is 0 Å². The van der Waals surface area contributed by atoms with Crippen molar-refractivity contribution < 1.29 is 4.52 Å². The van der Waals surface area contributed by atoms with E-state index in [-0.39, 0.29) is 6.04 Å². The SMILES string of the molecule is CCc1cccc(N2C(=S)NC(c3ccc(C)cc3)C(c3nc(-c4ccc(C)cc4)no3)=C2C)c1. The molecule has 0 saturated heterocycles. The van der Waals surface area contributed by atoms with E-state index in [2.05, 4.69) is 91.6 Å². The minimum Gasteiger partial charge on any atom is -0.351 e. The van der Waals surface area contributed by atoms with Crippen LogP contribution >= 0.6 is 12.2 Å². The summed E-state index contributed by atoms with van der Waals surface area (Å²) in [5.41, 5.74) is 8.53. The quantitative estimate of drug-likeness (QED) is 0.318. The van der Waals surface area contributed by atoms with Crippen LogP contribution in [-0.4, -0.2) is 15.3 Å². The van der Waals surface area contributed by atoms with Gasteiger partial charge >= 0.3 is 0 Å². The first-order valence-corrected chi connectivity index (χ1v) is 12.2. The molecule has 2 heterocycles. The van der Waals surface area contributed by atoms with Crippen LogP contribution in [0.1, 0.15) is 48.0 Å². The van der Waals surface area contributed by atoms with Crippen LogP contribution in [0.25, 0.3) is 17.0 Å². The lowest BCUT2D eigenvalue weighted by Gasteiger charge is -2.37.